The number of benzene rings is 2. The van der Waals surface area contributed by atoms with Gasteiger partial charge in [-0.1, -0.05) is 53.2 Å². The summed E-state index contributed by atoms with van der Waals surface area (Å²) >= 11 is 3.11. The summed E-state index contributed by atoms with van der Waals surface area (Å²) in [6, 6.07) is 12.7. The van der Waals surface area contributed by atoms with Gasteiger partial charge in [0.2, 0.25) is 10.0 Å². The lowest BCUT2D eigenvalue weighted by Crippen LogP contribution is -2.29. The molecule has 0 heterocycles. The average molecular weight is 372 g/mol. The molecule has 1 atom stereocenters. The van der Waals surface area contributed by atoms with Gasteiger partial charge in [-0.3, -0.25) is 0 Å². The van der Waals surface area contributed by atoms with E-state index in [0.29, 0.717) is 10.9 Å². The zero-order valence-corrected chi connectivity index (χ0v) is 13.8. The first-order valence-corrected chi connectivity index (χ1v) is 8.74. The summed E-state index contributed by atoms with van der Waals surface area (Å²) in [4.78, 5) is -0.347. The van der Waals surface area contributed by atoms with Crippen LogP contribution >= 0.6 is 15.9 Å². The van der Waals surface area contributed by atoms with Crippen LogP contribution in [0.1, 0.15) is 24.9 Å². The van der Waals surface area contributed by atoms with Crippen molar-refractivity contribution in [1.29, 1.82) is 0 Å². The molecule has 2 rings (SSSR count). The van der Waals surface area contributed by atoms with Crippen molar-refractivity contribution in [3.63, 3.8) is 0 Å². The summed E-state index contributed by atoms with van der Waals surface area (Å²) in [7, 11) is -3.91. The molecule has 0 aliphatic carbocycles. The molecule has 2 aromatic rings. The Labute approximate surface area is 132 Å². The van der Waals surface area contributed by atoms with Crippen LogP contribution in [0.25, 0.3) is 0 Å². The molecule has 0 aromatic heterocycles. The SMILES string of the molecule is CCC(NS(=O)(=O)c1ccc(Br)cc1F)c1ccccc1. The first-order chi connectivity index (χ1) is 9.94. The molecule has 0 saturated carbocycles. The van der Waals surface area contributed by atoms with E-state index in [1.54, 1.807) is 0 Å². The molecule has 1 unspecified atom stereocenters. The van der Waals surface area contributed by atoms with E-state index in [-0.39, 0.29) is 10.9 Å². The van der Waals surface area contributed by atoms with Crippen LogP contribution in [0.3, 0.4) is 0 Å². The molecule has 0 spiro atoms. The Kier molecular flexibility index (Phi) is 5.13. The van der Waals surface area contributed by atoms with Crippen molar-refractivity contribution in [2.24, 2.45) is 0 Å². The largest absolute Gasteiger partial charge is 0.244 e. The lowest BCUT2D eigenvalue weighted by molar-refractivity contribution is 0.535. The lowest BCUT2D eigenvalue weighted by Gasteiger charge is -2.17. The normalized spacial score (nSPS) is 13.1. The van der Waals surface area contributed by atoms with Gasteiger partial charge in [0, 0.05) is 10.5 Å². The Balaban J connectivity index is 2.32. The van der Waals surface area contributed by atoms with E-state index in [1.165, 1.54) is 12.1 Å². The van der Waals surface area contributed by atoms with Crippen LogP contribution in [0.4, 0.5) is 4.39 Å². The lowest BCUT2D eigenvalue weighted by atomic mass is 10.1. The molecule has 1 N–H and O–H groups in total. The Hall–Kier alpha value is -1.24. The smallest absolute Gasteiger partial charge is 0.207 e. The molecule has 21 heavy (non-hydrogen) atoms. The Morgan fingerprint density at radius 1 is 1.19 bits per heavy atom. The summed E-state index contributed by atoms with van der Waals surface area (Å²) in [5.74, 6) is -0.778. The zero-order chi connectivity index (χ0) is 15.5. The van der Waals surface area contributed by atoms with E-state index in [2.05, 4.69) is 20.7 Å². The highest BCUT2D eigenvalue weighted by Gasteiger charge is 2.23. The van der Waals surface area contributed by atoms with Crippen molar-refractivity contribution in [3.8, 4) is 0 Å². The first kappa shape index (κ1) is 16.1. The van der Waals surface area contributed by atoms with Crippen molar-refractivity contribution in [3.05, 3.63) is 64.4 Å². The fourth-order valence-electron chi connectivity index (χ4n) is 2.02. The molecular formula is C15H15BrFNO2S. The van der Waals surface area contributed by atoms with E-state index in [0.717, 1.165) is 11.6 Å². The molecule has 3 nitrogen and oxygen atoms in total. The maximum Gasteiger partial charge on any atom is 0.244 e. The first-order valence-electron chi connectivity index (χ1n) is 6.46. The summed E-state index contributed by atoms with van der Waals surface area (Å²) in [6.07, 6.45) is 0.571. The summed E-state index contributed by atoms with van der Waals surface area (Å²) in [5, 5.41) is 0. The standard InChI is InChI=1S/C15H15BrFNO2S/c1-2-14(11-6-4-3-5-7-11)18-21(19,20)15-9-8-12(16)10-13(15)17/h3-10,14,18H,2H2,1H3. The molecule has 0 aliphatic rings. The highest BCUT2D eigenvalue weighted by Crippen LogP contribution is 2.23. The maximum atomic E-state index is 13.9. The van der Waals surface area contributed by atoms with E-state index in [9.17, 15) is 12.8 Å². The van der Waals surface area contributed by atoms with Crippen LogP contribution in [-0.4, -0.2) is 8.42 Å². The quantitative estimate of drug-likeness (QED) is 0.862. The topological polar surface area (TPSA) is 46.2 Å². The molecule has 0 radical (unpaired) electrons. The highest BCUT2D eigenvalue weighted by atomic mass is 79.9. The Morgan fingerprint density at radius 3 is 2.43 bits per heavy atom. The number of nitrogens with one attached hydrogen (secondary N) is 1. The molecule has 2 aromatic carbocycles. The third-order valence-electron chi connectivity index (χ3n) is 3.09. The van der Waals surface area contributed by atoms with Crippen LogP contribution in [0.5, 0.6) is 0 Å². The predicted octanol–water partition coefficient (Wildman–Crippen LogP) is 4.02. The van der Waals surface area contributed by atoms with Crippen molar-refractivity contribution < 1.29 is 12.8 Å². The molecule has 0 saturated heterocycles. The Bertz CT molecular complexity index is 720. The number of hydrogen-bond acceptors (Lipinski definition) is 2. The van der Waals surface area contributed by atoms with Crippen molar-refractivity contribution >= 4 is 26.0 Å². The molecular weight excluding hydrogens is 357 g/mol. The fraction of sp³-hybridized carbons (Fsp3) is 0.200. The number of hydrogen-bond donors (Lipinski definition) is 1. The summed E-state index contributed by atoms with van der Waals surface area (Å²) in [6.45, 7) is 1.87. The minimum absolute atomic E-state index is 0.347. The van der Waals surface area contributed by atoms with E-state index in [1.807, 2.05) is 37.3 Å². The second kappa shape index (κ2) is 6.68. The molecule has 6 heteroatoms. The van der Waals surface area contributed by atoms with Gasteiger partial charge in [0.1, 0.15) is 10.7 Å². The Morgan fingerprint density at radius 2 is 1.86 bits per heavy atom. The van der Waals surface area contributed by atoms with Crippen LogP contribution < -0.4 is 4.72 Å². The fourth-order valence-corrected chi connectivity index (χ4v) is 3.72. The van der Waals surface area contributed by atoms with E-state index in [4.69, 9.17) is 0 Å². The highest BCUT2D eigenvalue weighted by molar-refractivity contribution is 9.10. The maximum absolute atomic E-state index is 13.9. The second-order valence-electron chi connectivity index (χ2n) is 4.57. The van der Waals surface area contributed by atoms with Crippen molar-refractivity contribution in [1.82, 2.24) is 4.72 Å². The van der Waals surface area contributed by atoms with Gasteiger partial charge in [0.15, 0.2) is 0 Å². The van der Waals surface area contributed by atoms with Gasteiger partial charge in [-0.05, 0) is 30.2 Å². The molecule has 0 amide bonds. The van der Waals surface area contributed by atoms with Crippen LogP contribution in [-0.2, 0) is 10.0 Å². The molecule has 0 aliphatic heterocycles. The molecule has 0 fully saturated rings. The summed E-state index contributed by atoms with van der Waals surface area (Å²) < 4.78 is 41.6. The zero-order valence-electron chi connectivity index (χ0n) is 11.4. The van der Waals surface area contributed by atoms with Gasteiger partial charge < -0.3 is 0 Å². The van der Waals surface area contributed by atoms with Gasteiger partial charge in [-0.15, -0.1) is 0 Å². The van der Waals surface area contributed by atoms with Gasteiger partial charge in [0.25, 0.3) is 0 Å². The predicted molar refractivity (Wildman–Crippen MR) is 83.9 cm³/mol. The number of sulfonamides is 1. The van der Waals surface area contributed by atoms with Crippen LogP contribution in [0.2, 0.25) is 0 Å². The van der Waals surface area contributed by atoms with Gasteiger partial charge >= 0.3 is 0 Å². The third kappa shape index (κ3) is 3.90. The van der Waals surface area contributed by atoms with E-state index < -0.39 is 15.8 Å². The minimum atomic E-state index is -3.91. The number of rotatable bonds is 5. The van der Waals surface area contributed by atoms with Crippen molar-refractivity contribution in [2.45, 2.75) is 24.3 Å². The second-order valence-corrected chi connectivity index (χ2v) is 7.17. The summed E-state index contributed by atoms with van der Waals surface area (Å²) in [5.41, 5.74) is 0.848. The van der Waals surface area contributed by atoms with Gasteiger partial charge in [-0.2, -0.15) is 0 Å². The van der Waals surface area contributed by atoms with E-state index >= 15 is 0 Å². The van der Waals surface area contributed by atoms with Gasteiger partial charge in [0.05, 0.1) is 0 Å². The third-order valence-corrected chi connectivity index (χ3v) is 5.09. The molecule has 0 bridgehead atoms. The minimum Gasteiger partial charge on any atom is -0.207 e. The number of halogens is 2. The molecule has 112 valence electrons. The van der Waals surface area contributed by atoms with Gasteiger partial charge in [-0.25, -0.2) is 17.5 Å². The van der Waals surface area contributed by atoms with Crippen LogP contribution in [0, 0.1) is 5.82 Å². The van der Waals surface area contributed by atoms with Crippen molar-refractivity contribution in [2.75, 3.05) is 0 Å². The monoisotopic (exact) mass is 371 g/mol. The van der Waals surface area contributed by atoms with Crippen LogP contribution in [0.15, 0.2) is 57.9 Å². The average Bonchev–Trinajstić information content (AvgIpc) is 2.45.